The molecule has 0 unspecified atom stereocenters. The van der Waals surface area contributed by atoms with Crippen LogP contribution in [-0.4, -0.2) is 28.6 Å². The van der Waals surface area contributed by atoms with Crippen molar-refractivity contribution in [2.24, 2.45) is 0 Å². The third-order valence-corrected chi connectivity index (χ3v) is 2.94. The molecule has 2 rings (SSSR count). The van der Waals surface area contributed by atoms with Crippen LogP contribution in [0.5, 0.6) is 5.88 Å². The average molecular weight is 246 g/mol. The molecule has 0 radical (unpaired) electrons. The number of methoxy groups -OCH3 is 1. The number of aliphatic hydroxyl groups is 1. The van der Waals surface area contributed by atoms with Gasteiger partial charge in [0.2, 0.25) is 5.88 Å². The van der Waals surface area contributed by atoms with E-state index in [-0.39, 0.29) is 6.61 Å². The molecule has 0 atom stereocenters. The third-order valence-electron chi connectivity index (χ3n) is 2.94. The van der Waals surface area contributed by atoms with Crippen LogP contribution in [0.1, 0.15) is 16.8 Å². The molecule has 1 N–H and O–H groups in total. The molecule has 0 fully saturated rings. The summed E-state index contributed by atoms with van der Waals surface area (Å²) in [7, 11) is 1.63. The van der Waals surface area contributed by atoms with Crippen molar-refractivity contribution >= 4 is 0 Å². The first-order valence-corrected chi connectivity index (χ1v) is 5.97. The van der Waals surface area contributed by atoms with Crippen LogP contribution in [0.2, 0.25) is 0 Å². The molecule has 0 spiro atoms. The van der Waals surface area contributed by atoms with Gasteiger partial charge >= 0.3 is 0 Å². The summed E-state index contributed by atoms with van der Waals surface area (Å²) in [6.45, 7) is 4.07. The summed E-state index contributed by atoms with van der Waals surface area (Å²) in [5.41, 5.74) is 3.99. The zero-order valence-electron chi connectivity index (χ0n) is 11.0. The number of hydrogen-bond donors (Lipinski definition) is 1. The van der Waals surface area contributed by atoms with Gasteiger partial charge in [0.1, 0.15) is 0 Å². The summed E-state index contributed by atoms with van der Waals surface area (Å²) in [5, 5.41) is 13.6. The van der Waals surface area contributed by atoms with Crippen LogP contribution in [0.25, 0.3) is 5.69 Å². The van der Waals surface area contributed by atoms with Crippen molar-refractivity contribution in [2.45, 2.75) is 20.3 Å². The van der Waals surface area contributed by atoms with Crippen LogP contribution in [0.15, 0.2) is 24.3 Å². The van der Waals surface area contributed by atoms with E-state index in [1.807, 2.05) is 32.0 Å². The molecule has 0 saturated heterocycles. The van der Waals surface area contributed by atoms with E-state index >= 15 is 0 Å². The summed E-state index contributed by atoms with van der Waals surface area (Å²) < 4.78 is 7.22. The second kappa shape index (κ2) is 5.23. The Morgan fingerprint density at radius 2 is 2.11 bits per heavy atom. The monoisotopic (exact) mass is 246 g/mol. The highest BCUT2D eigenvalue weighted by molar-refractivity contribution is 5.42. The zero-order valence-corrected chi connectivity index (χ0v) is 11.0. The van der Waals surface area contributed by atoms with Gasteiger partial charge in [0.25, 0.3) is 0 Å². The van der Waals surface area contributed by atoms with Crippen LogP contribution in [0.3, 0.4) is 0 Å². The Kier molecular flexibility index (Phi) is 3.67. The van der Waals surface area contributed by atoms with Gasteiger partial charge in [-0.2, -0.15) is 5.10 Å². The molecule has 1 heterocycles. The van der Waals surface area contributed by atoms with Crippen molar-refractivity contribution in [1.82, 2.24) is 9.78 Å². The lowest BCUT2D eigenvalue weighted by molar-refractivity contribution is 0.295. The standard InChI is InChI=1S/C14H18N2O2/c1-10-5-4-6-12(9-10)16-14(18-3)13(7-8-17)11(2)15-16/h4-6,9,17H,7-8H2,1-3H3. The van der Waals surface area contributed by atoms with E-state index in [1.165, 1.54) is 5.56 Å². The van der Waals surface area contributed by atoms with Gasteiger partial charge < -0.3 is 9.84 Å². The number of aliphatic hydroxyl groups excluding tert-OH is 1. The molecule has 2 aromatic rings. The lowest BCUT2D eigenvalue weighted by Crippen LogP contribution is -2.01. The SMILES string of the molecule is COc1c(CCO)c(C)nn1-c1cccc(C)c1. The van der Waals surface area contributed by atoms with Crippen molar-refractivity contribution in [3.8, 4) is 11.6 Å². The molecule has 4 heteroatoms. The molecule has 96 valence electrons. The number of aryl methyl sites for hydroxylation is 2. The van der Waals surface area contributed by atoms with Gasteiger partial charge in [0.15, 0.2) is 0 Å². The second-order valence-corrected chi connectivity index (χ2v) is 4.30. The summed E-state index contributed by atoms with van der Waals surface area (Å²) in [6.07, 6.45) is 0.556. The molecule has 1 aromatic heterocycles. The zero-order chi connectivity index (χ0) is 13.1. The number of nitrogens with zero attached hydrogens (tertiary/aromatic N) is 2. The number of rotatable bonds is 4. The lowest BCUT2D eigenvalue weighted by Gasteiger charge is -2.08. The van der Waals surface area contributed by atoms with E-state index in [4.69, 9.17) is 9.84 Å². The minimum Gasteiger partial charge on any atom is -0.481 e. The third kappa shape index (κ3) is 2.24. The normalized spacial score (nSPS) is 10.7. The minimum absolute atomic E-state index is 0.0940. The molecule has 18 heavy (non-hydrogen) atoms. The molecule has 0 amide bonds. The molecule has 0 aliphatic carbocycles. The Morgan fingerprint density at radius 1 is 1.33 bits per heavy atom. The largest absolute Gasteiger partial charge is 0.481 e. The smallest absolute Gasteiger partial charge is 0.219 e. The Bertz CT molecular complexity index is 547. The summed E-state index contributed by atoms with van der Waals surface area (Å²) in [5.74, 6) is 0.701. The highest BCUT2D eigenvalue weighted by atomic mass is 16.5. The van der Waals surface area contributed by atoms with E-state index in [2.05, 4.69) is 11.2 Å². The Labute approximate surface area is 107 Å². The Morgan fingerprint density at radius 3 is 2.72 bits per heavy atom. The maximum absolute atomic E-state index is 9.10. The van der Waals surface area contributed by atoms with Crippen molar-refractivity contribution in [3.63, 3.8) is 0 Å². The van der Waals surface area contributed by atoms with Gasteiger partial charge in [-0.05, 0) is 31.5 Å². The van der Waals surface area contributed by atoms with Gasteiger partial charge in [0.05, 0.1) is 18.5 Å². The number of hydrogen-bond acceptors (Lipinski definition) is 3. The highest BCUT2D eigenvalue weighted by Gasteiger charge is 2.16. The van der Waals surface area contributed by atoms with Gasteiger partial charge in [-0.3, -0.25) is 0 Å². The Balaban J connectivity index is 2.54. The average Bonchev–Trinajstić information content (AvgIpc) is 2.67. The maximum Gasteiger partial charge on any atom is 0.219 e. The van der Waals surface area contributed by atoms with E-state index in [0.29, 0.717) is 12.3 Å². The number of benzene rings is 1. The minimum atomic E-state index is 0.0940. The Hall–Kier alpha value is -1.81. The summed E-state index contributed by atoms with van der Waals surface area (Å²) in [4.78, 5) is 0. The van der Waals surface area contributed by atoms with E-state index < -0.39 is 0 Å². The predicted octanol–water partition coefficient (Wildman–Crippen LogP) is 2.03. The van der Waals surface area contributed by atoms with Gasteiger partial charge in [0, 0.05) is 18.6 Å². The number of ether oxygens (including phenoxy) is 1. The highest BCUT2D eigenvalue weighted by Crippen LogP contribution is 2.26. The molecular formula is C14H18N2O2. The van der Waals surface area contributed by atoms with Crippen LogP contribution < -0.4 is 4.74 Å². The summed E-state index contributed by atoms with van der Waals surface area (Å²) >= 11 is 0. The van der Waals surface area contributed by atoms with Crippen molar-refractivity contribution in [1.29, 1.82) is 0 Å². The van der Waals surface area contributed by atoms with Crippen molar-refractivity contribution < 1.29 is 9.84 Å². The fraction of sp³-hybridized carbons (Fsp3) is 0.357. The van der Waals surface area contributed by atoms with Crippen molar-refractivity contribution in [2.75, 3.05) is 13.7 Å². The van der Waals surface area contributed by atoms with Crippen LogP contribution >= 0.6 is 0 Å². The van der Waals surface area contributed by atoms with Gasteiger partial charge in [-0.1, -0.05) is 12.1 Å². The van der Waals surface area contributed by atoms with Crippen LogP contribution in [-0.2, 0) is 6.42 Å². The first-order chi connectivity index (χ1) is 8.67. The van der Waals surface area contributed by atoms with E-state index in [9.17, 15) is 0 Å². The maximum atomic E-state index is 9.10. The number of aromatic nitrogens is 2. The molecular weight excluding hydrogens is 228 g/mol. The van der Waals surface area contributed by atoms with Crippen molar-refractivity contribution in [3.05, 3.63) is 41.1 Å². The molecule has 0 saturated carbocycles. The molecule has 1 aromatic carbocycles. The predicted molar refractivity (Wildman–Crippen MR) is 70.4 cm³/mol. The van der Waals surface area contributed by atoms with E-state index in [1.54, 1.807) is 11.8 Å². The fourth-order valence-corrected chi connectivity index (χ4v) is 2.08. The summed E-state index contributed by atoms with van der Waals surface area (Å²) in [6, 6.07) is 8.08. The van der Waals surface area contributed by atoms with Gasteiger partial charge in [-0.25, -0.2) is 4.68 Å². The van der Waals surface area contributed by atoms with Crippen LogP contribution in [0, 0.1) is 13.8 Å². The fourth-order valence-electron chi connectivity index (χ4n) is 2.08. The van der Waals surface area contributed by atoms with E-state index in [0.717, 1.165) is 16.9 Å². The molecule has 4 nitrogen and oxygen atoms in total. The molecule has 0 aliphatic heterocycles. The van der Waals surface area contributed by atoms with Gasteiger partial charge in [-0.15, -0.1) is 0 Å². The first kappa shape index (κ1) is 12.6. The molecule has 0 bridgehead atoms. The second-order valence-electron chi connectivity index (χ2n) is 4.30. The topological polar surface area (TPSA) is 47.3 Å². The molecule has 0 aliphatic rings. The quantitative estimate of drug-likeness (QED) is 0.898. The lowest BCUT2D eigenvalue weighted by atomic mass is 10.2. The van der Waals surface area contributed by atoms with Crippen LogP contribution in [0.4, 0.5) is 0 Å². The first-order valence-electron chi connectivity index (χ1n) is 5.97.